The highest BCUT2D eigenvalue weighted by molar-refractivity contribution is 5.88. The molecule has 3 rings (SSSR count). The predicted octanol–water partition coefficient (Wildman–Crippen LogP) is 4.78. The normalized spacial score (nSPS) is 10.5. The van der Waals surface area contributed by atoms with E-state index in [2.05, 4.69) is 17.2 Å². The van der Waals surface area contributed by atoms with Crippen molar-refractivity contribution in [2.75, 3.05) is 5.32 Å². The van der Waals surface area contributed by atoms with Crippen LogP contribution in [0.3, 0.4) is 0 Å². The molecule has 2 N–H and O–H groups in total. The molecule has 3 aromatic rings. The van der Waals surface area contributed by atoms with Crippen LogP contribution in [0.1, 0.15) is 25.0 Å². The molecular weight excluding hydrogens is 312 g/mol. The van der Waals surface area contributed by atoms with Crippen molar-refractivity contribution in [1.29, 1.82) is 0 Å². The van der Waals surface area contributed by atoms with Gasteiger partial charge < -0.3 is 15.0 Å². The topological polar surface area (TPSA) is 54.1 Å². The summed E-state index contributed by atoms with van der Waals surface area (Å²) in [5.41, 5.74) is 4.41. The highest BCUT2D eigenvalue weighted by Crippen LogP contribution is 2.28. The summed E-state index contributed by atoms with van der Waals surface area (Å²) in [7, 11) is 0. The van der Waals surface area contributed by atoms with Crippen molar-refractivity contribution >= 4 is 11.7 Å². The van der Waals surface area contributed by atoms with Crippen molar-refractivity contribution in [3.05, 3.63) is 71.8 Å². The predicted molar refractivity (Wildman–Crippen MR) is 101 cm³/mol. The Bertz CT molecular complexity index is 836. The molecule has 1 aromatic heterocycles. The van der Waals surface area contributed by atoms with E-state index in [0.717, 1.165) is 34.8 Å². The molecule has 0 aliphatic carbocycles. The Kier molecular flexibility index (Phi) is 5.19. The van der Waals surface area contributed by atoms with Gasteiger partial charge in [0.1, 0.15) is 18.2 Å². The Balaban J connectivity index is 1.73. The van der Waals surface area contributed by atoms with Gasteiger partial charge in [-0.05, 0) is 53.4 Å². The lowest BCUT2D eigenvalue weighted by Crippen LogP contribution is -2.05. The van der Waals surface area contributed by atoms with E-state index in [4.69, 9.17) is 4.74 Å². The number of ether oxygens (including phenoxy) is 1. The molecule has 0 radical (unpaired) electrons. The van der Waals surface area contributed by atoms with Gasteiger partial charge in [0.15, 0.2) is 0 Å². The average molecular weight is 334 g/mol. The molecule has 25 heavy (non-hydrogen) atoms. The molecule has 0 aliphatic rings. The standard InChI is InChI=1S/C21H22N2O2/c1-3-17-13-20(22-15(2)24)23-21(17)18-9-11-19(12-10-18)25-14-16-7-5-4-6-8-16/h4-13,23H,3,14H2,1-2H3,(H,22,24). The number of benzene rings is 2. The third-order valence-corrected chi connectivity index (χ3v) is 3.98. The first kappa shape index (κ1) is 16.8. The lowest BCUT2D eigenvalue weighted by molar-refractivity contribution is -0.114. The van der Waals surface area contributed by atoms with Crippen molar-refractivity contribution in [3.63, 3.8) is 0 Å². The Labute approximate surface area is 147 Å². The number of H-pyrrole nitrogens is 1. The Hall–Kier alpha value is -3.01. The fraction of sp³-hybridized carbons (Fsp3) is 0.190. The minimum atomic E-state index is -0.0832. The van der Waals surface area contributed by atoms with Crippen LogP contribution in [-0.2, 0) is 17.8 Å². The molecule has 128 valence electrons. The molecule has 0 saturated carbocycles. The highest BCUT2D eigenvalue weighted by Gasteiger charge is 2.10. The van der Waals surface area contributed by atoms with Crippen LogP contribution in [-0.4, -0.2) is 10.9 Å². The third kappa shape index (κ3) is 4.29. The van der Waals surface area contributed by atoms with Gasteiger partial charge in [0.2, 0.25) is 5.91 Å². The molecule has 0 atom stereocenters. The van der Waals surface area contributed by atoms with Gasteiger partial charge >= 0.3 is 0 Å². The van der Waals surface area contributed by atoms with Crippen molar-refractivity contribution in [2.24, 2.45) is 0 Å². The number of carbonyl (C=O) groups is 1. The van der Waals surface area contributed by atoms with E-state index in [9.17, 15) is 4.79 Å². The number of aromatic nitrogens is 1. The van der Waals surface area contributed by atoms with Gasteiger partial charge in [-0.15, -0.1) is 0 Å². The summed E-state index contributed by atoms with van der Waals surface area (Å²) in [5.74, 6) is 1.48. The van der Waals surface area contributed by atoms with E-state index >= 15 is 0 Å². The van der Waals surface area contributed by atoms with Crippen LogP contribution in [0.5, 0.6) is 5.75 Å². The van der Waals surface area contributed by atoms with Crippen molar-refractivity contribution < 1.29 is 9.53 Å². The number of anilines is 1. The van der Waals surface area contributed by atoms with Gasteiger partial charge in [-0.2, -0.15) is 0 Å². The fourth-order valence-corrected chi connectivity index (χ4v) is 2.75. The van der Waals surface area contributed by atoms with E-state index in [1.165, 1.54) is 12.5 Å². The molecule has 0 bridgehead atoms. The molecular formula is C21H22N2O2. The number of carbonyl (C=O) groups excluding carboxylic acids is 1. The van der Waals surface area contributed by atoms with Crippen LogP contribution >= 0.6 is 0 Å². The molecule has 4 nitrogen and oxygen atoms in total. The van der Waals surface area contributed by atoms with E-state index in [1.807, 2.05) is 60.7 Å². The van der Waals surface area contributed by atoms with Crippen LogP contribution in [0.15, 0.2) is 60.7 Å². The first-order chi connectivity index (χ1) is 12.2. The minimum Gasteiger partial charge on any atom is -0.489 e. The number of hydrogen-bond donors (Lipinski definition) is 2. The Morgan fingerprint density at radius 1 is 1.08 bits per heavy atom. The maximum absolute atomic E-state index is 11.2. The number of nitrogens with one attached hydrogen (secondary N) is 2. The zero-order chi connectivity index (χ0) is 17.6. The van der Waals surface area contributed by atoms with Crippen molar-refractivity contribution in [2.45, 2.75) is 26.9 Å². The summed E-state index contributed by atoms with van der Waals surface area (Å²) in [6.07, 6.45) is 0.887. The monoisotopic (exact) mass is 334 g/mol. The average Bonchev–Trinajstić information content (AvgIpc) is 3.03. The molecule has 0 spiro atoms. The van der Waals surface area contributed by atoms with Crippen LogP contribution < -0.4 is 10.1 Å². The van der Waals surface area contributed by atoms with Gasteiger partial charge in [0, 0.05) is 6.92 Å². The van der Waals surface area contributed by atoms with Gasteiger partial charge in [-0.25, -0.2) is 0 Å². The molecule has 1 amide bonds. The summed E-state index contributed by atoms with van der Waals surface area (Å²) in [5, 5.41) is 2.80. The van der Waals surface area contributed by atoms with Crippen LogP contribution in [0, 0.1) is 0 Å². The smallest absolute Gasteiger partial charge is 0.222 e. The molecule has 0 fully saturated rings. The van der Waals surface area contributed by atoms with Crippen molar-refractivity contribution in [1.82, 2.24) is 4.98 Å². The molecule has 4 heteroatoms. The van der Waals surface area contributed by atoms with Crippen LogP contribution in [0.25, 0.3) is 11.3 Å². The summed E-state index contributed by atoms with van der Waals surface area (Å²) < 4.78 is 5.83. The first-order valence-electron chi connectivity index (χ1n) is 8.42. The van der Waals surface area contributed by atoms with E-state index in [1.54, 1.807) is 0 Å². The van der Waals surface area contributed by atoms with E-state index in [-0.39, 0.29) is 5.91 Å². The lowest BCUT2D eigenvalue weighted by Gasteiger charge is -2.08. The maximum atomic E-state index is 11.2. The maximum Gasteiger partial charge on any atom is 0.222 e. The molecule has 2 aromatic carbocycles. The zero-order valence-corrected chi connectivity index (χ0v) is 14.5. The summed E-state index contributed by atoms with van der Waals surface area (Å²) in [4.78, 5) is 14.5. The SMILES string of the molecule is CCc1cc(NC(C)=O)[nH]c1-c1ccc(OCc2ccccc2)cc1. The van der Waals surface area contributed by atoms with Crippen LogP contribution in [0.2, 0.25) is 0 Å². The number of hydrogen-bond acceptors (Lipinski definition) is 2. The van der Waals surface area contributed by atoms with Gasteiger partial charge in [-0.3, -0.25) is 4.79 Å². The first-order valence-corrected chi connectivity index (χ1v) is 8.42. The molecule has 0 unspecified atom stereocenters. The number of aryl methyl sites for hydroxylation is 1. The van der Waals surface area contributed by atoms with Gasteiger partial charge in [0.25, 0.3) is 0 Å². The third-order valence-electron chi connectivity index (χ3n) is 3.98. The molecule has 1 heterocycles. The Morgan fingerprint density at radius 3 is 2.44 bits per heavy atom. The highest BCUT2D eigenvalue weighted by atomic mass is 16.5. The lowest BCUT2D eigenvalue weighted by atomic mass is 10.1. The number of rotatable bonds is 6. The summed E-state index contributed by atoms with van der Waals surface area (Å²) >= 11 is 0. The van der Waals surface area contributed by atoms with E-state index in [0.29, 0.717) is 6.61 Å². The minimum absolute atomic E-state index is 0.0832. The molecule has 0 aliphatic heterocycles. The second-order valence-corrected chi connectivity index (χ2v) is 5.92. The van der Waals surface area contributed by atoms with Gasteiger partial charge in [0.05, 0.1) is 5.69 Å². The fourth-order valence-electron chi connectivity index (χ4n) is 2.75. The van der Waals surface area contributed by atoms with Crippen LogP contribution in [0.4, 0.5) is 5.82 Å². The summed E-state index contributed by atoms with van der Waals surface area (Å²) in [6, 6.07) is 20.1. The number of amides is 1. The largest absolute Gasteiger partial charge is 0.489 e. The zero-order valence-electron chi connectivity index (χ0n) is 14.5. The molecule has 0 saturated heterocycles. The van der Waals surface area contributed by atoms with E-state index < -0.39 is 0 Å². The van der Waals surface area contributed by atoms with Crippen molar-refractivity contribution in [3.8, 4) is 17.0 Å². The summed E-state index contributed by atoms with van der Waals surface area (Å²) in [6.45, 7) is 4.15. The van der Waals surface area contributed by atoms with Gasteiger partial charge in [-0.1, -0.05) is 37.3 Å². The second kappa shape index (κ2) is 7.71. The quantitative estimate of drug-likeness (QED) is 0.681. The second-order valence-electron chi connectivity index (χ2n) is 5.92. The Morgan fingerprint density at radius 2 is 1.80 bits per heavy atom. The number of aromatic amines is 1.